The third kappa shape index (κ3) is 5.34. The Morgan fingerprint density at radius 2 is 1.76 bits per heavy atom. The average Bonchev–Trinajstić information content (AvgIpc) is 3.01. The van der Waals surface area contributed by atoms with Gasteiger partial charge >= 0.3 is 0 Å². The Morgan fingerprint density at radius 3 is 2.38 bits per heavy atom. The molecular formula is C17H23N3O. The van der Waals surface area contributed by atoms with Gasteiger partial charge in [0, 0.05) is 26.6 Å². The van der Waals surface area contributed by atoms with Gasteiger partial charge in [0.2, 0.25) is 0 Å². The summed E-state index contributed by atoms with van der Waals surface area (Å²) in [4.78, 5) is 4.22. The van der Waals surface area contributed by atoms with Crippen LogP contribution in [0.5, 0.6) is 0 Å². The number of hydrogen-bond donors (Lipinski definition) is 2. The number of aryl methyl sites for hydroxylation is 1. The fraction of sp³-hybridized carbons (Fsp3) is 0.353. The number of aliphatic imine (C=N–C) groups is 1. The summed E-state index contributed by atoms with van der Waals surface area (Å²) < 4.78 is 5.30. The van der Waals surface area contributed by atoms with Gasteiger partial charge in [-0.05, 0) is 31.0 Å². The molecule has 1 heterocycles. The smallest absolute Gasteiger partial charge is 0.191 e. The molecule has 0 aliphatic carbocycles. The molecule has 0 spiro atoms. The summed E-state index contributed by atoms with van der Waals surface area (Å²) in [7, 11) is 1.79. The second-order valence-corrected chi connectivity index (χ2v) is 4.99. The highest BCUT2D eigenvalue weighted by Crippen LogP contribution is 2.03. The van der Waals surface area contributed by atoms with Crippen LogP contribution in [0.3, 0.4) is 0 Å². The molecule has 0 bridgehead atoms. The van der Waals surface area contributed by atoms with E-state index in [0.717, 1.165) is 37.7 Å². The zero-order valence-electron chi connectivity index (χ0n) is 12.7. The van der Waals surface area contributed by atoms with E-state index >= 15 is 0 Å². The van der Waals surface area contributed by atoms with Crippen LogP contribution in [0.15, 0.2) is 52.1 Å². The fourth-order valence-electron chi connectivity index (χ4n) is 2.06. The maximum atomic E-state index is 5.30. The van der Waals surface area contributed by atoms with Crippen molar-refractivity contribution >= 4 is 5.96 Å². The van der Waals surface area contributed by atoms with Crippen LogP contribution < -0.4 is 10.6 Å². The fourth-order valence-corrected chi connectivity index (χ4v) is 2.06. The lowest BCUT2D eigenvalue weighted by atomic mass is 10.1. The second-order valence-electron chi connectivity index (χ2n) is 4.99. The largest absolute Gasteiger partial charge is 0.469 e. The van der Waals surface area contributed by atoms with Gasteiger partial charge in [-0.3, -0.25) is 4.99 Å². The highest BCUT2D eigenvalue weighted by molar-refractivity contribution is 5.79. The van der Waals surface area contributed by atoms with Crippen LogP contribution in [0.4, 0.5) is 0 Å². The molecule has 112 valence electrons. The maximum Gasteiger partial charge on any atom is 0.191 e. The summed E-state index contributed by atoms with van der Waals surface area (Å²) >= 11 is 0. The topological polar surface area (TPSA) is 49.6 Å². The van der Waals surface area contributed by atoms with Gasteiger partial charge in [-0.1, -0.05) is 29.8 Å². The summed E-state index contributed by atoms with van der Waals surface area (Å²) in [5, 5.41) is 6.60. The van der Waals surface area contributed by atoms with Crippen molar-refractivity contribution in [3.8, 4) is 0 Å². The van der Waals surface area contributed by atoms with Crippen molar-refractivity contribution in [1.82, 2.24) is 10.6 Å². The third-order valence-electron chi connectivity index (χ3n) is 3.29. The summed E-state index contributed by atoms with van der Waals surface area (Å²) in [6.07, 6.45) is 3.54. The van der Waals surface area contributed by atoms with E-state index in [2.05, 4.69) is 46.8 Å². The zero-order chi connectivity index (χ0) is 14.9. The Kier molecular flexibility index (Phi) is 5.88. The number of hydrogen-bond acceptors (Lipinski definition) is 2. The van der Waals surface area contributed by atoms with Crippen molar-refractivity contribution in [3.63, 3.8) is 0 Å². The Balaban J connectivity index is 1.66. The van der Waals surface area contributed by atoms with E-state index in [9.17, 15) is 0 Å². The van der Waals surface area contributed by atoms with Crippen LogP contribution in [0.25, 0.3) is 0 Å². The van der Waals surface area contributed by atoms with E-state index < -0.39 is 0 Å². The van der Waals surface area contributed by atoms with E-state index in [4.69, 9.17) is 4.42 Å². The van der Waals surface area contributed by atoms with Crippen LogP contribution >= 0.6 is 0 Å². The van der Waals surface area contributed by atoms with Gasteiger partial charge in [0.1, 0.15) is 5.76 Å². The lowest BCUT2D eigenvalue weighted by Crippen LogP contribution is -2.39. The highest BCUT2D eigenvalue weighted by atomic mass is 16.3. The van der Waals surface area contributed by atoms with Crippen molar-refractivity contribution < 1.29 is 4.42 Å². The van der Waals surface area contributed by atoms with Gasteiger partial charge in [-0.2, -0.15) is 0 Å². The van der Waals surface area contributed by atoms with Crippen molar-refractivity contribution in [2.45, 2.75) is 19.8 Å². The van der Waals surface area contributed by atoms with Crippen LogP contribution in [0.1, 0.15) is 16.9 Å². The first-order chi connectivity index (χ1) is 10.3. The Morgan fingerprint density at radius 1 is 1.05 bits per heavy atom. The quantitative estimate of drug-likeness (QED) is 0.633. The molecule has 0 amide bonds. The van der Waals surface area contributed by atoms with Crippen LogP contribution in [0, 0.1) is 6.92 Å². The lowest BCUT2D eigenvalue weighted by Gasteiger charge is -2.11. The molecule has 1 aromatic heterocycles. The Labute approximate surface area is 126 Å². The first-order valence-electron chi connectivity index (χ1n) is 7.30. The standard InChI is InChI=1S/C17H23N3O/c1-14-5-7-15(8-6-14)9-11-19-17(18-2)20-12-10-16-4-3-13-21-16/h3-8,13H,9-12H2,1-2H3,(H2,18,19,20). The maximum absolute atomic E-state index is 5.30. The molecule has 0 radical (unpaired) electrons. The minimum Gasteiger partial charge on any atom is -0.469 e. The molecule has 1 aromatic carbocycles. The average molecular weight is 285 g/mol. The molecule has 0 unspecified atom stereocenters. The number of rotatable bonds is 6. The van der Waals surface area contributed by atoms with Gasteiger partial charge in [-0.25, -0.2) is 0 Å². The molecule has 0 saturated heterocycles. The molecule has 0 fully saturated rings. The van der Waals surface area contributed by atoms with Crippen molar-refractivity contribution in [2.24, 2.45) is 4.99 Å². The number of furan rings is 1. The molecule has 0 atom stereocenters. The number of nitrogens with zero attached hydrogens (tertiary/aromatic N) is 1. The number of benzene rings is 1. The molecular weight excluding hydrogens is 262 g/mol. The first kappa shape index (κ1) is 15.2. The van der Waals surface area contributed by atoms with Crippen LogP contribution in [0.2, 0.25) is 0 Å². The normalized spacial score (nSPS) is 11.4. The Bertz CT molecular complexity index is 544. The van der Waals surface area contributed by atoms with Gasteiger partial charge in [0.25, 0.3) is 0 Å². The molecule has 0 aliphatic rings. The van der Waals surface area contributed by atoms with E-state index in [-0.39, 0.29) is 0 Å². The van der Waals surface area contributed by atoms with Crippen LogP contribution in [-0.4, -0.2) is 26.1 Å². The summed E-state index contributed by atoms with van der Waals surface area (Å²) in [6, 6.07) is 12.5. The summed E-state index contributed by atoms with van der Waals surface area (Å²) in [6.45, 7) is 3.77. The molecule has 2 rings (SSSR count). The lowest BCUT2D eigenvalue weighted by molar-refractivity contribution is 0.507. The molecule has 2 aromatic rings. The van der Waals surface area contributed by atoms with Crippen molar-refractivity contribution in [2.75, 3.05) is 20.1 Å². The summed E-state index contributed by atoms with van der Waals surface area (Å²) in [5.41, 5.74) is 2.63. The van der Waals surface area contributed by atoms with E-state index in [1.54, 1.807) is 13.3 Å². The monoisotopic (exact) mass is 285 g/mol. The van der Waals surface area contributed by atoms with Gasteiger partial charge in [0.05, 0.1) is 6.26 Å². The van der Waals surface area contributed by atoms with Crippen molar-refractivity contribution in [3.05, 3.63) is 59.5 Å². The van der Waals surface area contributed by atoms with E-state index in [0.29, 0.717) is 0 Å². The SMILES string of the molecule is CN=C(NCCc1ccc(C)cc1)NCCc1ccco1. The zero-order valence-corrected chi connectivity index (χ0v) is 12.7. The molecule has 0 aliphatic heterocycles. The predicted molar refractivity (Wildman–Crippen MR) is 86.7 cm³/mol. The van der Waals surface area contributed by atoms with Crippen LogP contribution in [-0.2, 0) is 12.8 Å². The minimum atomic E-state index is 0.803. The Hall–Kier alpha value is -2.23. The second kappa shape index (κ2) is 8.15. The molecule has 4 nitrogen and oxygen atoms in total. The first-order valence-corrected chi connectivity index (χ1v) is 7.30. The van der Waals surface area contributed by atoms with Gasteiger partial charge in [-0.15, -0.1) is 0 Å². The van der Waals surface area contributed by atoms with E-state index in [1.807, 2.05) is 12.1 Å². The summed E-state index contributed by atoms with van der Waals surface area (Å²) in [5.74, 6) is 1.81. The molecule has 2 N–H and O–H groups in total. The minimum absolute atomic E-state index is 0.803. The predicted octanol–water partition coefficient (Wildman–Crippen LogP) is 2.54. The van der Waals surface area contributed by atoms with Gasteiger partial charge < -0.3 is 15.1 Å². The van der Waals surface area contributed by atoms with Crippen molar-refractivity contribution in [1.29, 1.82) is 0 Å². The molecule has 21 heavy (non-hydrogen) atoms. The number of guanidine groups is 1. The molecule has 0 saturated carbocycles. The van der Waals surface area contributed by atoms with E-state index in [1.165, 1.54) is 11.1 Å². The molecule has 4 heteroatoms. The highest BCUT2D eigenvalue weighted by Gasteiger charge is 1.99. The third-order valence-corrected chi connectivity index (χ3v) is 3.29. The number of nitrogens with one attached hydrogen (secondary N) is 2. The van der Waals surface area contributed by atoms with Gasteiger partial charge in [0.15, 0.2) is 5.96 Å².